The third-order valence-electron chi connectivity index (χ3n) is 3.42. The fraction of sp³-hybridized carbons (Fsp3) is 0.150. The Labute approximate surface area is 145 Å². The van der Waals surface area contributed by atoms with Gasteiger partial charge in [0.05, 0.1) is 0 Å². The van der Waals surface area contributed by atoms with Crippen molar-refractivity contribution in [3.05, 3.63) is 71.1 Å². The molecular formula is C20H17NO2S. The van der Waals surface area contributed by atoms with Crippen molar-refractivity contribution in [3.8, 4) is 11.8 Å². The van der Waals surface area contributed by atoms with Crippen LogP contribution in [0.25, 0.3) is 10.1 Å². The van der Waals surface area contributed by atoms with Crippen LogP contribution in [0.1, 0.15) is 17.5 Å². The largest absolute Gasteiger partial charge is 0.445 e. The van der Waals surface area contributed by atoms with Crippen LogP contribution in [-0.2, 0) is 11.3 Å². The molecule has 120 valence electrons. The third kappa shape index (κ3) is 4.61. The van der Waals surface area contributed by atoms with Crippen LogP contribution in [0.3, 0.4) is 0 Å². The average molecular weight is 335 g/mol. The van der Waals surface area contributed by atoms with Crippen molar-refractivity contribution >= 4 is 27.5 Å². The number of alkyl carbamates (subject to hydrolysis) is 1. The zero-order valence-corrected chi connectivity index (χ0v) is 13.9. The molecule has 1 N–H and O–H groups in total. The van der Waals surface area contributed by atoms with Gasteiger partial charge in [-0.25, -0.2) is 4.79 Å². The van der Waals surface area contributed by atoms with Crippen LogP contribution in [0.4, 0.5) is 4.79 Å². The van der Waals surface area contributed by atoms with E-state index in [2.05, 4.69) is 40.7 Å². The van der Waals surface area contributed by atoms with Gasteiger partial charge in [-0.05, 0) is 40.6 Å². The lowest BCUT2D eigenvalue weighted by Gasteiger charge is -2.05. The highest BCUT2D eigenvalue weighted by Crippen LogP contribution is 2.21. The number of hydrogen-bond donors (Lipinski definition) is 1. The van der Waals surface area contributed by atoms with E-state index in [1.165, 1.54) is 10.1 Å². The van der Waals surface area contributed by atoms with Gasteiger partial charge in [-0.3, -0.25) is 0 Å². The molecule has 0 aliphatic rings. The number of nitrogens with one attached hydrogen (secondary N) is 1. The van der Waals surface area contributed by atoms with Crippen molar-refractivity contribution in [1.82, 2.24) is 5.32 Å². The summed E-state index contributed by atoms with van der Waals surface area (Å²) in [6, 6.07) is 17.9. The minimum absolute atomic E-state index is 0.277. The van der Waals surface area contributed by atoms with Gasteiger partial charge in [0, 0.05) is 23.2 Å². The van der Waals surface area contributed by atoms with Crippen LogP contribution in [0.5, 0.6) is 0 Å². The summed E-state index contributed by atoms with van der Waals surface area (Å²) in [5.74, 6) is 6.19. The van der Waals surface area contributed by atoms with Crippen molar-refractivity contribution < 1.29 is 9.53 Å². The Morgan fingerprint density at radius 1 is 1.12 bits per heavy atom. The van der Waals surface area contributed by atoms with Crippen LogP contribution in [0, 0.1) is 11.8 Å². The lowest BCUT2D eigenvalue weighted by atomic mass is 10.2. The van der Waals surface area contributed by atoms with Crippen molar-refractivity contribution in [3.63, 3.8) is 0 Å². The third-order valence-corrected chi connectivity index (χ3v) is 4.32. The minimum Gasteiger partial charge on any atom is -0.445 e. The average Bonchev–Trinajstić information content (AvgIpc) is 3.08. The van der Waals surface area contributed by atoms with Gasteiger partial charge >= 0.3 is 6.09 Å². The lowest BCUT2D eigenvalue weighted by Crippen LogP contribution is -2.24. The highest BCUT2D eigenvalue weighted by atomic mass is 32.1. The number of carbonyl (C=O) groups is 1. The Bertz CT molecular complexity index is 875. The molecular weight excluding hydrogens is 318 g/mol. The first-order valence-corrected chi connectivity index (χ1v) is 8.60. The highest BCUT2D eigenvalue weighted by molar-refractivity contribution is 7.17. The Hall–Kier alpha value is -2.77. The van der Waals surface area contributed by atoms with Crippen LogP contribution in [0.2, 0.25) is 0 Å². The first-order chi connectivity index (χ1) is 11.8. The summed E-state index contributed by atoms with van der Waals surface area (Å²) < 4.78 is 6.40. The van der Waals surface area contributed by atoms with E-state index < -0.39 is 6.09 Å². The number of fused-ring (bicyclic) bond motifs is 1. The summed E-state index contributed by atoms with van der Waals surface area (Å²) in [7, 11) is 0. The van der Waals surface area contributed by atoms with E-state index in [1.54, 1.807) is 11.3 Å². The van der Waals surface area contributed by atoms with E-state index in [1.807, 2.05) is 36.4 Å². The normalized spacial score (nSPS) is 10.0. The Morgan fingerprint density at radius 3 is 2.88 bits per heavy atom. The second kappa shape index (κ2) is 8.19. The molecule has 0 spiro atoms. The molecule has 3 rings (SSSR count). The maximum Gasteiger partial charge on any atom is 0.407 e. The first kappa shape index (κ1) is 16.1. The Balaban J connectivity index is 1.39. The number of thiophene rings is 1. The molecule has 0 saturated carbocycles. The maximum absolute atomic E-state index is 11.6. The van der Waals surface area contributed by atoms with Gasteiger partial charge in [0.1, 0.15) is 6.61 Å². The summed E-state index contributed by atoms with van der Waals surface area (Å²) in [5, 5.41) is 6.00. The van der Waals surface area contributed by atoms with Gasteiger partial charge in [-0.15, -0.1) is 11.3 Å². The molecule has 1 aromatic heterocycles. The van der Waals surface area contributed by atoms with Gasteiger partial charge in [0.25, 0.3) is 0 Å². The van der Waals surface area contributed by atoms with Gasteiger partial charge in [-0.2, -0.15) is 0 Å². The fourth-order valence-corrected chi connectivity index (χ4v) is 2.98. The number of ether oxygens (including phenoxy) is 1. The number of amides is 1. The molecule has 0 unspecified atom stereocenters. The van der Waals surface area contributed by atoms with Crippen molar-refractivity contribution in [2.75, 3.05) is 6.54 Å². The number of benzene rings is 2. The zero-order valence-electron chi connectivity index (χ0n) is 13.1. The highest BCUT2D eigenvalue weighted by Gasteiger charge is 2.00. The van der Waals surface area contributed by atoms with E-state index in [0.717, 1.165) is 11.1 Å². The molecule has 1 heterocycles. The standard InChI is InChI=1S/C20H17NO2S/c22-20(23-15-17-7-2-1-3-8-17)21-12-5-4-6-16-9-10-19-18(14-16)11-13-24-19/h1-3,7-11,13-14H,5,12,15H2,(H,21,22). The topological polar surface area (TPSA) is 38.3 Å². The number of hydrogen-bond acceptors (Lipinski definition) is 3. The molecule has 1 amide bonds. The van der Waals surface area contributed by atoms with Crippen LogP contribution in [-0.4, -0.2) is 12.6 Å². The van der Waals surface area contributed by atoms with E-state index in [4.69, 9.17) is 4.74 Å². The Kier molecular flexibility index (Phi) is 5.49. The van der Waals surface area contributed by atoms with E-state index in [-0.39, 0.29) is 6.61 Å². The zero-order chi connectivity index (χ0) is 16.6. The van der Waals surface area contributed by atoms with Crippen LogP contribution in [0.15, 0.2) is 60.0 Å². The summed E-state index contributed by atoms with van der Waals surface area (Å²) in [5.41, 5.74) is 1.96. The summed E-state index contributed by atoms with van der Waals surface area (Å²) in [4.78, 5) is 11.6. The monoisotopic (exact) mass is 335 g/mol. The molecule has 0 saturated heterocycles. The molecule has 0 atom stereocenters. The molecule has 3 nitrogen and oxygen atoms in total. The van der Waals surface area contributed by atoms with Crippen molar-refractivity contribution in [2.45, 2.75) is 13.0 Å². The van der Waals surface area contributed by atoms with E-state index in [0.29, 0.717) is 13.0 Å². The molecule has 4 heteroatoms. The molecule has 24 heavy (non-hydrogen) atoms. The number of rotatable bonds is 4. The molecule has 0 aliphatic carbocycles. The van der Waals surface area contributed by atoms with Crippen molar-refractivity contribution in [1.29, 1.82) is 0 Å². The fourth-order valence-electron chi connectivity index (χ4n) is 2.21. The number of carbonyl (C=O) groups excluding carboxylic acids is 1. The summed E-state index contributed by atoms with van der Waals surface area (Å²) >= 11 is 1.72. The molecule has 3 aromatic rings. The molecule has 0 fully saturated rings. The van der Waals surface area contributed by atoms with Crippen molar-refractivity contribution in [2.24, 2.45) is 0 Å². The van der Waals surface area contributed by atoms with E-state index in [9.17, 15) is 4.79 Å². The molecule has 0 aliphatic heterocycles. The molecule has 2 aromatic carbocycles. The summed E-state index contributed by atoms with van der Waals surface area (Å²) in [6.07, 6.45) is 0.169. The van der Waals surface area contributed by atoms with Crippen LogP contribution >= 0.6 is 11.3 Å². The van der Waals surface area contributed by atoms with Gasteiger partial charge in [0.15, 0.2) is 0 Å². The Morgan fingerprint density at radius 2 is 2.00 bits per heavy atom. The van der Waals surface area contributed by atoms with Gasteiger partial charge in [-0.1, -0.05) is 42.2 Å². The maximum atomic E-state index is 11.6. The molecule has 0 radical (unpaired) electrons. The van der Waals surface area contributed by atoms with Crippen LogP contribution < -0.4 is 5.32 Å². The molecule has 0 bridgehead atoms. The summed E-state index contributed by atoms with van der Waals surface area (Å²) in [6.45, 7) is 0.750. The van der Waals surface area contributed by atoms with E-state index >= 15 is 0 Å². The van der Waals surface area contributed by atoms with Gasteiger partial charge < -0.3 is 10.1 Å². The lowest BCUT2D eigenvalue weighted by molar-refractivity contribution is 0.140. The minimum atomic E-state index is -0.416. The first-order valence-electron chi connectivity index (χ1n) is 7.72. The smallest absolute Gasteiger partial charge is 0.407 e. The predicted octanol–water partition coefficient (Wildman–Crippen LogP) is 4.57. The quantitative estimate of drug-likeness (QED) is 0.560. The van der Waals surface area contributed by atoms with Gasteiger partial charge in [0.2, 0.25) is 0 Å². The SMILES string of the molecule is O=C(NCCC#Cc1ccc2sccc2c1)OCc1ccccc1. The second-order valence-electron chi connectivity index (χ2n) is 5.21. The predicted molar refractivity (Wildman–Crippen MR) is 97.9 cm³/mol. The second-order valence-corrected chi connectivity index (χ2v) is 6.16.